The SMILES string of the molecule is Nc1ccc(Cl)cc1C(O)c1ccc(O)cc1. The Kier molecular flexibility index (Phi) is 3.22. The van der Waals surface area contributed by atoms with Crippen LogP contribution in [0.1, 0.15) is 17.2 Å². The van der Waals surface area contributed by atoms with Gasteiger partial charge < -0.3 is 15.9 Å². The van der Waals surface area contributed by atoms with Crippen LogP contribution in [0.25, 0.3) is 0 Å². The van der Waals surface area contributed by atoms with Gasteiger partial charge in [-0.3, -0.25) is 0 Å². The van der Waals surface area contributed by atoms with Crippen molar-refractivity contribution in [1.29, 1.82) is 0 Å². The highest BCUT2D eigenvalue weighted by molar-refractivity contribution is 6.30. The van der Waals surface area contributed by atoms with Crippen molar-refractivity contribution in [3.63, 3.8) is 0 Å². The summed E-state index contributed by atoms with van der Waals surface area (Å²) in [5.41, 5.74) is 7.48. The molecule has 2 aromatic rings. The Bertz CT molecular complexity index is 525. The van der Waals surface area contributed by atoms with Crippen LogP contribution in [0.3, 0.4) is 0 Å². The number of benzene rings is 2. The number of nitrogens with two attached hydrogens (primary N) is 1. The molecular formula is C13H12ClNO2. The number of rotatable bonds is 2. The third-order valence-corrected chi connectivity index (χ3v) is 2.79. The normalized spacial score (nSPS) is 12.4. The minimum atomic E-state index is -0.853. The van der Waals surface area contributed by atoms with Crippen LogP contribution in [0.2, 0.25) is 5.02 Å². The number of aliphatic hydroxyl groups is 1. The second-order valence-electron chi connectivity index (χ2n) is 3.77. The smallest absolute Gasteiger partial charge is 0.115 e. The molecule has 1 atom stereocenters. The van der Waals surface area contributed by atoms with E-state index in [0.29, 0.717) is 21.8 Å². The standard InChI is InChI=1S/C13H12ClNO2/c14-9-3-6-12(15)11(7-9)13(17)8-1-4-10(16)5-2-8/h1-7,13,16-17H,15H2. The lowest BCUT2D eigenvalue weighted by Crippen LogP contribution is -2.03. The average molecular weight is 250 g/mol. The molecule has 0 heterocycles. The zero-order chi connectivity index (χ0) is 12.4. The summed E-state index contributed by atoms with van der Waals surface area (Å²) < 4.78 is 0. The molecule has 0 aliphatic carbocycles. The van der Waals surface area contributed by atoms with Crippen LogP contribution in [0.15, 0.2) is 42.5 Å². The first-order valence-electron chi connectivity index (χ1n) is 5.10. The quantitative estimate of drug-likeness (QED) is 0.717. The highest BCUT2D eigenvalue weighted by Gasteiger charge is 2.13. The van der Waals surface area contributed by atoms with Gasteiger partial charge in [0, 0.05) is 16.3 Å². The summed E-state index contributed by atoms with van der Waals surface area (Å²) in [6.45, 7) is 0. The van der Waals surface area contributed by atoms with E-state index in [1.807, 2.05) is 0 Å². The third-order valence-electron chi connectivity index (χ3n) is 2.55. The topological polar surface area (TPSA) is 66.5 Å². The van der Waals surface area contributed by atoms with Gasteiger partial charge in [0.1, 0.15) is 11.9 Å². The van der Waals surface area contributed by atoms with Crippen LogP contribution < -0.4 is 5.73 Å². The fraction of sp³-hybridized carbons (Fsp3) is 0.0769. The molecule has 0 bridgehead atoms. The first-order valence-corrected chi connectivity index (χ1v) is 5.47. The highest BCUT2D eigenvalue weighted by atomic mass is 35.5. The second-order valence-corrected chi connectivity index (χ2v) is 4.20. The van der Waals surface area contributed by atoms with Crippen LogP contribution >= 0.6 is 11.6 Å². The van der Waals surface area contributed by atoms with Gasteiger partial charge in [-0.2, -0.15) is 0 Å². The van der Waals surface area contributed by atoms with Crippen molar-refractivity contribution in [2.75, 3.05) is 5.73 Å². The molecule has 2 rings (SSSR count). The van der Waals surface area contributed by atoms with Crippen molar-refractivity contribution in [3.8, 4) is 5.75 Å². The third kappa shape index (κ3) is 2.52. The summed E-state index contributed by atoms with van der Waals surface area (Å²) in [5, 5.41) is 19.9. The minimum Gasteiger partial charge on any atom is -0.508 e. The predicted octanol–water partition coefficient (Wildman–Crippen LogP) is 2.71. The van der Waals surface area contributed by atoms with Crippen LogP contribution in [0.4, 0.5) is 5.69 Å². The van der Waals surface area contributed by atoms with E-state index >= 15 is 0 Å². The van der Waals surface area contributed by atoms with Gasteiger partial charge >= 0.3 is 0 Å². The lowest BCUT2D eigenvalue weighted by atomic mass is 10.00. The van der Waals surface area contributed by atoms with E-state index in [0.717, 1.165) is 0 Å². The van der Waals surface area contributed by atoms with Crippen molar-refractivity contribution in [3.05, 3.63) is 58.6 Å². The zero-order valence-corrected chi connectivity index (χ0v) is 9.72. The van der Waals surface area contributed by atoms with Crippen LogP contribution in [0.5, 0.6) is 5.75 Å². The summed E-state index contributed by atoms with van der Waals surface area (Å²) in [6.07, 6.45) is -0.853. The minimum absolute atomic E-state index is 0.153. The first-order chi connectivity index (χ1) is 8.08. The highest BCUT2D eigenvalue weighted by Crippen LogP contribution is 2.29. The summed E-state index contributed by atoms with van der Waals surface area (Å²) in [7, 11) is 0. The molecule has 88 valence electrons. The molecule has 0 radical (unpaired) electrons. The number of hydrogen-bond acceptors (Lipinski definition) is 3. The predicted molar refractivity (Wildman–Crippen MR) is 68.0 cm³/mol. The summed E-state index contributed by atoms with van der Waals surface area (Å²) in [6, 6.07) is 11.3. The van der Waals surface area contributed by atoms with E-state index in [2.05, 4.69) is 0 Å². The van der Waals surface area contributed by atoms with E-state index in [-0.39, 0.29) is 5.75 Å². The lowest BCUT2D eigenvalue weighted by Gasteiger charge is -2.14. The summed E-state index contributed by atoms with van der Waals surface area (Å²) in [4.78, 5) is 0. The fourth-order valence-electron chi connectivity index (χ4n) is 1.62. The Hall–Kier alpha value is -1.71. The van der Waals surface area contributed by atoms with E-state index in [1.165, 1.54) is 12.1 Å². The number of halogens is 1. The second kappa shape index (κ2) is 4.65. The first kappa shape index (κ1) is 11.8. The van der Waals surface area contributed by atoms with Crippen molar-refractivity contribution >= 4 is 17.3 Å². The van der Waals surface area contributed by atoms with E-state index in [4.69, 9.17) is 17.3 Å². The average Bonchev–Trinajstić information content (AvgIpc) is 2.32. The van der Waals surface area contributed by atoms with Crippen molar-refractivity contribution in [1.82, 2.24) is 0 Å². The Labute approximate surface area is 104 Å². The van der Waals surface area contributed by atoms with Crippen LogP contribution in [0, 0.1) is 0 Å². The Morgan fingerprint density at radius 3 is 2.35 bits per heavy atom. The molecular weight excluding hydrogens is 238 g/mol. The Balaban J connectivity index is 2.39. The molecule has 0 aromatic heterocycles. The monoisotopic (exact) mass is 249 g/mol. The fourth-order valence-corrected chi connectivity index (χ4v) is 1.80. The molecule has 2 aromatic carbocycles. The molecule has 1 unspecified atom stereocenters. The van der Waals surface area contributed by atoms with Gasteiger partial charge in [-0.15, -0.1) is 0 Å². The van der Waals surface area contributed by atoms with E-state index in [9.17, 15) is 10.2 Å². The molecule has 0 amide bonds. The van der Waals surface area contributed by atoms with Crippen molar-refractivity contribution < 1.29 is 10.2 Å². The number of aliphatic hydroxyl groups excluding tert-OH is 1. The Morgan fingerprint density at radius 1 is 1.06 bits per heavy atom. The van der Waals surface area contributed by atoms with Gasteiger partial charge in [-0.1, -0.05) is 23.7 Å². The molecule has 4 N–H and O–H groups in total. The summed E-state index contributed by atoms with van der Waals surface area (Å²) in [5.74, 6) is 0.153. The maximum Gasteiger partial charge on any atom is 0.115 e. The molecule has 0 saturated carbocycles. The van der Waals surface area contributed by atoms with E-state index in [1.54, 1.807) is 30.3 Å². The maximum absolute atomic E-state index is 10.2. The molecule has 4 heteroatoms. The molecule has 0 aliphatic rings. The molecule has 0 saturated heterocycles. The molecule has 0 spiro atoms. The number of phenolic OH excluding ortho intramolecular Hbond substituents is 1. The number of aromatic hydroxyl groups is 1. The maximum atomic E-state index is 10.2. The van der Waals surface area contributed by atoms with Crippen LogP contribution in [-0.2, 0) is 0 Å². The lowest BCUT2D eigenvalue weighted by molar-refractivity contribution is 0.221. The Morgan fingerprint density at radius 2 is 1.71 bits per heavy atom. The van der Waals surface area contributed by atoms with Crippen molar-refractivity contribution in [2.24, 2.45) is 0 Å². The molecule has 3 nitrogen and oxygen atoms in total. The van der Waals surface area contributed by atoms with E-state index < -0.39 is 6.10 Å². The molecule has 0 aliphatic heterocycles. The van der Waals surface area contributed by atoms with Gasteiger partial charge in [0.25, 0.3) is 0 Å². The number of nitrogen functional groups attached to an aromatic ring is 1. The molecule has 17 heavy (non-hydrogen) atoms. The van der Waals surface area contributed by atoms with Gasteiger partial charge in [0.05, 0.1) is 0 Å². The number of hydrogen-bond donors (Lipinski definition) is 3. The van der Waals surface area contributed by atoms with Crippen LogP contribution in [-0.4, -0.2) is 10.2 Å². The number of anilines is 1. The number of phenols is 1. The zero-order valence-electron chi connectivity index (χ0n) is 8.97. The largest absolute Gasteiger partial charge is 0.508 e. The van der Waals surface area contributed by atoms with Gasteiger partial charge in [0.15, 0.2) is 0 Å². The summed E-state index contributed by atoms with van der Waals surface area (Å²) >= 11 is 5.87. The van der Waals surface area contributed by atoms with Gasteiger partial charge in [-0.25, -0.2) is 0 Å². The van der Waals surface area contributed by atoms with Crippen molar-refractivity contribution in [2.45, 2.75) is 6.10 Å². The van der Waals surface area contributed by atoms with Gasteiger partial charge in [-0.05, 0) is 35.9 Å². The molecule has 0 fully saturated rings. The van der Waals surface area contributed by atoms with Gasteiger partial charge in [0.2, 0.25) is 0 Å².